The van der Waals surface area contributed by atoms with Gasteiger partial charge in [-0.15, -0.1) is 0 Å². The molecule has 0 aliphatic carbocycles. The van der Waals surface area contributed by atoms with Gasteiger partial charge < -0.3 is 11.1 Å². The second-order valence-corrected chi connectivity index (χ2v) is 4.82. The second kappa shape index (κ2) is 5.65. The molecule has 1 aromatic heterocycles. The number of amides is 2. The van der Waals surface area contributed by atoms with Crippen LogP contribution < -0.4 is 11.1 Å². The van der Waals surface area contributed by atoms with Gasteiger partial charge in [0.15, 0.2) is 0 Å². The Labute approximate surface area is 126 Å². The topological polar surface area (TPSA) is 85.1 Å². The SMILES string of the molecule is NC(=O)c1cccc(NC(=O)c2cnc3ccccc3c2)c1. The molecule has 0 atom stereocenters. The predicted molar refractivity (Wildman–Crippen MR) is 84.7 cm³/mol. The Hall–Kier alpha value is -3.21. The van der Waals surface area contributed by atoms with Crippen molar-refractivity contribution in [2.24, 2.45) is 5.73 Å². The fourth-order valence-electron chi connectivity index (χ4n) is 2.15. The van der Waals surface area contributed by atoms with E-state index in [0.29, 0.717) is 16.8 Å². The van der Waals surface area contributed by atoms with Gasteiger partial charge in [-0.25, -0.2) is 0 Å². The molecule has 3 rings (SSSR count). The van der Waals surface area contributed by atoms with Gasteiger partial charge in [-0.2, -0.15) is 0 Å². The third-order valence-electron chi connectivity index (χ3n) is 3.26. The summed E-state index contributed by atoms with van der Waals surface area (Å²) in [4.78, 5) is 27.7. The summed E-state index contributed by atoms with van der Waals surface area (Å²) in [6.07, 6.45) is 1.52. The highest BCUT2D eigenvalue weighted by molar-refractivity contribution is 6.06. The average Bonchev–Trinajstić information content (AvgIpc) is 2.54. The molecule has 0 bridgehead atoms. The smallest absolute Gasteiger partial charge is 0.257 e. The first-order chi connectivity index (χ1) is 10.6. The third-order valence-corrected chi connectivity index (χ3v) is 3.26. The summed E-state index contributed by atoms with van der Waals surface area (Å²) >= 11 is 0. The summed E-state index contributed by atoms with van der Waals surface area (Å²) < 4.78 is 0. The number of fused-ring (bicyclic) bond motifs is 1. The van der Waals surface area contributed by atoms with Crippen LogP contribution in [0.15, 0.2) is 60.8 Å². The van der Waals surface area contributed by atoms with Crippen molar-refractivity contribution in [1.82, 2.24) is 4.98 Å². The molecule has 0 aliphatic rings. The van der Waals surface area contributed by atoms with Crippen molar-refractivity contribution < 1.29 is 9.59 Å². The van der Waals surface area contributed by atoms with Crippen LogP contribution in [-0.4, -0.2) is 16.8 Å². The number of carbonyl (C=O) groups excluding carboxylic acids is 2. The van der Waals surface area contributed by atoms with Gasteiger partial charge >= 0.3 is 0 Å². The number of para-hydroxylation sites is 1. The quantitative estimate of drug-likeness (QED) is 0.777. The molecule has 0 saturated heterocycles. The van der Waals surface area contributed by atoms with Gasteiger partial charge in [-0.3, -0.25) is 14.6 Å². The van der Waals surface area contributed by atoms with Crippen molar-refractivity contribution in [3.63, 3.8) is 0 Å². The minimum atomic E-state index is -0.538. The number of rotatable bonds is 3. The van der Waals surface area contributed by atoms with Crippen LogP contribution in [0.3, 0.4) is 0 Å². The lowest BCUT2D eigenvalue weighted by atomic mass is 10.1. The first kappa shape index (κ1) is 13.8. The van der Waals surface area contributed by atoms with Crippen molar-refractivity contribution in [2.45, 2.75) is 0 Å². The highest BCUT2D eigenvalue weighted by Gasteiger charge is 2.09. The number of nitrogens with two attached hydrogens (primary N) is 1. The molecular formula is C17H13N3O2. The van der Waals surface area contributed by atoms with Crippen molar-refractivity contribution >= 4 is 28.4 Å². The van der Waals surface area contributed by atoms with Gasteiger partial charge in [0.25, 0.3) is 5.91 Å². The molecule has 0 spiro atoms. The number of primary amides is 1. The highest BCUT2D eigenvalue weighted by atomic mass is 16.2. The van der Waals surface area contributed by atoms with E-state index in [9.17, 15) is 9.59 Å². The number of anilines is 1. The lowest BCUT2D eigenvalue weighted by Gasteiger charge is -2.07. The maximum Gasteiger partial charge on any atom is 0.257 e. The number of nitrogens with one attached hydrogen (secondary N) is 1. The van der Waals surface area contributed by atoms with Crippen LogP contribution in [0.5, 0.6) is 0 Å². The molecule has 2 amide bonds. The number of aromatic nitrogens is 1. The van der Waals surface area contributed by atoms with E-state index in [1.54, 1.807) is 24.3 Å². The third kappa shape index (κ3) is 2.78. The molecule has 1 heterocycles. The van der Waals surface area contributed by atoms with Gasteiger partial charge in [0.05, 0.1) is 11.1 Å². The van der Waals surface area contributed by atoms with Crippen LogP contribution in [-0.2, 0) is 0 Å². The van der Waals surface area contributed by atoms with Gasteiger partial charge in [0, 0.05) is 22.8 Å². The van der Waals surface area contributed by atoms with Crippen molar-refractivity contribution in [3.8, 4) is 0 Å². The maximum absolute atomic E-state index is 12.3. The molecule has 108 valence electrons. The van der Waals surface area contributed by atoms with Gasteiger partial charge in [0.1, 0.15) is 0 Å². The molecule has 0 saturated carbocycles. The fourth-order valence-corrected chi connectivity index (χ4v) is 2.15. The van der Waals surface area contributed by atoms with Crippen LogP contribution in [0.1, 0.15) is 20.7 Å². The first-order valence-electron chi connectivity index (χ1n) is 6.69. The average molecular weight is 291 g/mol. The van der Waals surface area contributed by atoms with Crippen LogP contribution >= 0.6 is 0 Å². The summed E-state index contributed by atoms with van der Waals surface area (Å²) in [6.45, 7) is 0. The molecule has 0 fully saturated rings. The lowest BCUT2D eigenvalue weighted by molar-refractivity contribution is 0.0996. The molecule has 2 aromatic carbocycles. The normalized spacial score (nSPS) is 10.4. The summed E-state index contributed by atoms with van der Waals surface area (Å²) in [5, 5.41) is 3.62. The van der Waals surface area contributed by atoms with E-state index in [1.807, 2.05) is 24.3 Å². The van der Waals surface area contributed by atoms with E-state index < -0.39 is 5.91 Å². The zero-order valence-electron chi connectivity index (χ0n) is 11.6. The van der Waals surface area contributed by atoms with Gasteiger partial charge in [0.2, 0.25) is 5.91 Å². The molecule has 3 aromatic rings. The molecule has 22 heavy (non-hydrogen) atoms. The van der Waals surface area contributed by atoms with E-state index in [0.717, 1.165) is 10.9 Å². The maximum atomic E-state index is 12.3. The Bertz CT molecular complexity index is 874. The molecule has 5 heteroatoms. The number of carbonyl (C=O) groups is 2. The predicted octanol–water partition coefficient (Wildman–Crippen LogP) is 2.59. The fraction of sp³-hybridized carbons (Fsp3) is 0. The van der Waals surface area contributed by atoms with Crippen LogP contribution in [0.4, 0.5) is 5.69 Å². The molecule has 0 radical (unpaired) electrons. The Kier molecular flexibility index (Phi) is 3.53. The molecule has 0 aliphatic heterocycles. The molecule has 5 nitrogen and oxygen atoms in total. The molecule has 0 unspecified atom stereocenters. The summed E-state index contributed by atoms with van der Waals surface area (Å²) in [5.41, 5.74) is 7.35. The van der Waals surface area contributed by atoms with Crippen LogP contribution in [0, 0.1) is 0 Å². The minimum Gasteiger partial charge on any atom is -0.366 e. The van der Waals surface area contributed by atoms with E-state index in [2.05, 4.69) is 10.3 Å². The largest absolute Gasteiger partial charge is 0.366 e. The van der Waals surface area contributed by atoms with Crippen LogP contribution in [0.2, 0.25) is 0 Å². The van der Waals surface area contributed by atoms with E-state index in [4.69, 9.17) is 5.73 Å². The number of benzene rings is 2. The lowest BCUT2D eigenvalue weighted by Crippen LogP contribution is -2.14. The zero-order chi connectivity index (χ0) is 15.5. The summed E-state index contributed by atoms with van der Waals surface area (Å²) in [7, 11) is 0. The Morgan fingerprint density at radius 3 is 2.59 bits per heavy atom. The van der Waals surface area contributed by atoms with Crippen molar-refractivity contribution in [2.75, 3.05) is 5.32 Å². The first-order valence-corrected chi connectivity index (χ1v) is 6.69. The second-order valence-electron chi connectivity index (χ2n) is 4.82. The number of pyridine rings is 1. The van der Waals surface area contributed by atoms with Crippen molar-refractivity contribution in [1.29, 1.82) is 0 Å². The standard InChI is InChI=1S/C17H13N3O2/c18-16(21)12-5-3-6-14(9-12)20-17(22)13-8-11-4-1-2-7-15(11)19-10-13/h1-10H,(H2,18,21)(H,20,22). The van der Waals surface area contributed by atoms with Crippen LogP contribution in [0.25, 0.3) is 10.9 Å². The zero-order valence-corrected chi connectivity index (χ0v) is 11.6. The number of nitrogens with zero attached hydrogens (tertiary/aromatic N) is 1. The summed E-state index contributed by atoms with van der Waals surface area (Å²) in [5.74, 6) is -0.830. The Morgan fingerprint density at radius 1 is 0.955 bits per heavy atom. The number of hydrogen-bond acceptors (Lipinski definition) is 3. The highest BCUT2D eigenvalue weighted by Crippen LogP contribution is 2.15. The monoisotopic (exact) mass is 291 g/mol. The minimum absolute atomic E-state index is 0.292. The van der Waals surface area contributed by atoms with Gasteiger partial charge in [-0.1, -0.05) is 24.3 Å². The van der Waals surface area contributed by atoms with Crippen molar-refractivity contribution in [3.05, 3.63) is 71.9 Å². The van der Waals surface area contributed by atoms with E-state index in [1.165, 1.54) is 12.3 Å². The molecule has 3 N–H and O–H groups in total. The van der Waals surface area contributed by atoms with E-state index >= 15 is 0 Å². The summed E-state index contributed by atoms with van der Waals surface area (Å²) in [6, 6.07) is 15.8. The number of hydrogen-bond donors (Lipinski definition) is 2. The van der Waals surface area contributed by atoms with E-state index in [-0.39, 0.29) is 5.91 Å². The Morgan fingerprint density at radius 2 is 1.77 bits per heavy atom. The Balaban J connectivity index is 1.86. The van der Waals surface area contributed by atoms with Gasteiger partial charge in [-0.05, 0) is 30.3 Å². The molecular weight excluding hydrogens is 278 g/mol.